The molecule has 1 aliphatic carbocycles. The van der Waals surface area contributed by atoms with Crippen LogP contribution in [-0.4, -0.2) is 16.6 Å². The second-order valence-corrected chi connectivity index (χ2v) is 4.80. The number of aryl methyl sites for hydroxylation is 1. The summed E-state index contributed by atoms with van der Waals surface area (Å²) in [4.78, 5) is 18.3. The highest BCUT2D eigenvalue weighted by Gasteiger charge is 2.37. The smallest absolute Gasteiger partial charge is 0.287 e. The SMILES string of the molecule is CCOC1(c2nc(C)c(F)c(=O)[nH]2)CCCCC1. The van der Waals surface area contributed by atoms with E-state index in [-0.39, 0.29) is 5.69 Å². The molecule has 1 aromatic heterocycles. The van der Waals surface area contributed by atoms with Crippen LogP contribution < -0.4 is 5.56 Å². The monoisotopic (exact) mass is 254 g/mol. The zero-order valence-electron chi connectivity index (χ0n) is 10.9. The molecule has 18 heavy (non-hydrogen) atoms. The Labute approximate surface area is 106 Å². The molecule has 1 heterocycles. The van der Waals surface area contributed by atoms with Gasteiger partial charge in [0.05, 0.1) is 5.69 Å². The van der Waals surface area contributed by atoms with E-state index in [4.69, 9.17) is 4.74 Å². The normalized spacial score (nSPS) is 18.8. The molecule has 2 rings (SSSR count). The Morgan fingerprint density at radius 1 is 1.39 bits per heavy atom. The Morgan fingerprint density at radius 2 is 2.06 bits per heavy atom. The minimum Gasteiger partial charge on any atom is -0.367 e. The van der Waals surface area contributed by atoms with Crippen molar-refractivity contribution in [2.24, 2.45) is 0 Å². The summed E-state index contributed by atoms with van der Waals surface area (Å²) < 4.78 is 19.2. The van der Waals surface area contributed by atoms with Gasteiger partial charge in [-0.1, -0.05) is 19.3 Å². The molecular weight excluding hydrogens is 235 g/mol. The van der Waals surface area contributed by atoms with Gasteiger partial charge in [-0.05, 0) is 26.7 Å². The van der Waals surface area contributed by atoms with Gasteiger partial charge in [0.25, 0.3) is 5.56 Å². The zero-order chi connectivity index (χ0) is 13.2. The van der Waals surface area contributed by atoms with E-state index < -0.39 is 17.0 Å². The minimum atomic E-state index is -0.804. The van der Waals surface area contributed by atoms with Gasteiger partial charge in [-0.25, -0.2) is 4.98 Å². The molecule has 0 aliphatic heterocycles. The topological polar surface area (TPSA) is 55.0 Å². The number of hydrogen-bond acceptors (Lipinski definition) is 3. The molecule has 0 bridgehead atoms. The maximum absolute atomic E-state index is 13.3. The fourth-order valence-electron chi connectivity index (χ4n) is 2.64. The van der Waals surface area contributed by atoms with Crippen LogP contribution in [0.25, 0.3) is 0 Å². The highest BCUT2D eigenvalue weighted by Crippen LogP contribution is 2.38. The van der Waals surface area contributed by atoms with Gasteiger partial charge in [0.2, 0.25) is 5.82 Å². The molecule has 1 aliphatic rings. The van der Waals surface area contributed by atoms with Crippen LogP contribution in [-0.2, 0) is 10.3 Å². The van der Waals surface area contributed by atoms with Crippen molar-refractivity contribution in [3.8, 4) is 0 Å². The highest BCUT2D eigenvalue weighted by atomic mass is 19.1. The molecule has 1 saturated carbocycles. The van der Waals surface area contributed by atoms with E-state index >= 15 is 0 Å². The van der Waals surface area contributed by atoms with Crippen molar-refractivity contribution in [3.63, 3.8) is 0 Å². The number of nitrogens with zero attached hydrogens (tertiary/aromatic N) is 1. The summed E-state index contributed by atoms with van der Waals surface area (Å²) in [7, 11) is 0. The van der Waals surface area contributed by atoms with Gasteiger partial charge in [0, 0.05) is 6.61 Å². The molecule has 5 heteroatoms. The number of rotatable bonds is 3. The lowest BCUT2D eigenvalue weighted by atomic mass is 9.83. The third kappa shape index (κ3) is 2.32. The number of hydrogen-bond donors (Lipinski definition) is 1. The van der Waals surface area contributed by atoms with Crippen LogP contribution in [0.15, 0.2) is 4.79 Å². The summed E-state index contributed by atoms with van der Waals surface area (Å²) in [5.74, 6) is -0.325. The Morgan fingerprint density at radius 3 is 2.61 bits per heavy atom. The Bertz CT molecular complexity index is 473. The number of nitrogens with one attached hydrogen (secondary N) is 1. The summed E-state index contributed by atoms with van der Waals surface area (Å²) in [6, 6.07) is 0. The lowest BCUT2D eigenvalue weighted by Crippen LogP contribution is -2.37. The summed E-state index contributed by atoms with van der Waals surface area (Å²) in [5, 5.41) is 0. The van der Waals surface area contributed by atoms with Crippen molar-refractivity contribution in [2.75, 3.05) is 6.61 Å². The van der Waals surface area contributed by atoms with Gasteiger partial charge >= 0.3 is 0 Å². The second-order valence-electron chi connectivity index (χ2n) is 4.80. The molecule has 1 aromatic rings. The lowest BCUT2D eigenvalue weighted by molar-refractivity contribution is -0.0770. The van der Waals surface area contributed by atoms with E-state index in [2.05, 4.69) is 9.97 Å². The van der Waals surface area contributed by atoms with Crippen molar-refractivity contribution >= 4 is 0 Å². The first-order valence-electron chi connectivity index (χ1n) is 6.50. The van der Waals surface area contributed by atoms with Crippen LogP contribution in [0.3, 0.4) is 0 Å². The molecule has 1 fully saturated rings. The summed E-state index contributed by atoms with van der Waals surface area (Å²) in [6.45, 7) is 3.99. The van der Waals surface area contributed by atoms with Gasteiger partial charge in [0.1, 0.15) is 11.4 Å². The van der Waals surface area contributed by atoms with E-state index in [1.807, 2.05) is 6.92 Å². The van der Waals surface area contributed by atoms with Crippen LogP contribution in [0.1, 0.15) is 50.5 Å². The quantitative estimate of drug-likeness (QED) is 0.901. The predicted molar refractivity (Wildman–Crippen MR) is 65.9 cm³/mol. The van der Waals surface area contributed by atoms with Crippen molar-refractivity contribution in [1.82, 2.24) is 9.97 Å². The van der Waals surface area contributed by atoms with Crippen LogP contribution >= 0.6 is 0 Å². The van der Waals surface area contributed by atoms with Crippen LogP contribution in [0, 0.1) is 12.7 Å². The Hall–Kier alpha value is -1.23. The largest absolute Gasteiger partial charge is 0.367 e. The van der Waals surface area contributed by atoms with E-state index in [1.165, 1.54) is 13.3 Å². The van der Waals surface area contributed by atoms with Gasteiger partial charge in [0.15, 0.2) is 0 Å². The van der Waals surface area contributed by atoms with Gasteiger partial charge in [-0.3, -0.25) is 4.79 Å². The summed E-state index contributed by atoms with van der Waals surface area (Å²) in [6.07, 6.45) is 4.91. The Balaban J connectivity index is 2.45. The first kappa shape index (κ1) is 13.2. The molecule has 0 radical (unpaired) electrons. The maximum atomic E-state index is 13.3. The first-order chi connectivity index (χ1) is 8.59. The van der Waals surface area contributed by atoms with E-state index in [1.54, 1.807) is 0 Å². The summed E-state index contributed by atoms with van der Waals surface area (Å²) in [5.41, 5.74) is -1.11. The number of aromatic nitrogens is 2. The van der Waals surface area contributed by atoms with Crippen molar-refractivity contribution < 1.29 is 9.13 Å². The maximum Gasteiger partial charge on any atom is 0.287 e. The van der Waals surface area contributed by atoms with Crippen molar-refractivity contribution in [1.29, 1.82) is 0 Å². The van der Waals surface area contributed by atoms with Gasteiger partial charge in [-0.15, -0.1) is 0 Å². The van der Waals surface area contributed by atoms with Crippen molar-refractivity contribution in [2.45, 2.75) is 51.6 Å². The van der Waals surface area contributed by atoms with Crippen molar-refractivity contribution in [3.05, 3.63) is 27.7 Å². The molecule has 0 amide bonds. The van der Waals surface area contributed by atoms with E-state index in [0.717, 1.165) is 25.7 Å². The first-order valence-corrected chi connectivity index (χ1v) is 6.50. The van der Waals surface area contributed by atoms with E-state index in [0.29, 0.717) is 12.4 Å². The van der Waals surface area contributed by atoms with Gasteiger partial charge in [-0.2, -0.15) is 4.39 Å². The second kappa shape index (κ2) is 5.18. The highest BCUT2D eigenvalue weighted by molar-refractivity contribution is 5.10. The minimum absolute atomic E-state index is 0.137. The average molecular weight is 254 g/mol. The lowest BCUT2D eigenvalue weighted by Gasteiger charge is -2.35. The van der Waals surface area contributed by atoms with E-state index in [9.17, 15) is 9.18 Å². The third-order valence-electron chi connectivity index (χ3n) is 3.54. The zero-order valence-corrected chi connectivity index (χ0v) is 10.9. The van der Waals surface area contributed by atoms with Crippen LogP contribution in [0.5, 0.6) is 0 Å². The van der Waals surface area contributed by atoms with Crippen LogP contribution in [0.2, 0.25) is 0 Å². The number of halogens is 1. The van der Waals surface area contributed by atoms with Crippen LogP contribution in [0.4, 0.5) is 4.39 Å². The molecule has 0 atom stereocenters. The number of ether oxygens (including phenoxy) is 1. The molecule has 100 valence electrons. The molecule has 1 N–H and O–H groups in total. The standard InChI is InChI=1S/C13H19FN2O2/c1-3-18-13(7-5-4-6-8-13)12-15-9(2)10(14)11(17)16-12/h3-8H2,1-2H3,(H,15,16,17). The molecule has 0 spiro atoms. The number of aromatic amines is 1. The molecule has 0 saturated heterocycles. The number of H-pyrrole nitrogens is 1. The predicted octanol–water partition coefficient (Wildman–Crippen LogP) is 2.41. The van der Waals surface area contributed by atoms with Gasteiger partial charge < -0.3 is 9.72 Å². The molecule has 0 aromatic carbocycles. The molecule has 4 nitrogen and oxygen atoms in total. The Kier molecular flexibility index (Phi) is 3.80. The third-order valence-corrected chi connectivity index (χ3v) is 3.54. The summed E-state index contributed by atoms with van der Waals surface area (Å²) >= 11 is 0. The fraction of sp³-hybridized carbons (Fsp3) is 0.692. The average Bonchev–Trinajstić information content (AvgIpc) is 2.37. The molecule has 0 unspecified atom stereocenters. The molecular formula is C13H19FN2O2. The fourth-order valence-corrected chi connectivity index (χ4v) is 2.64.